The molecule has 1 unspecified atom stereocenters. The van der Waals surface area contributed by atoms with E-state index in [1.165, 1.54) is 0 Å². The molecule has 1 atom stereocenters. The lowest BCUT2D eigenvalue weighted by molar-refractivity contribution is -0.121. The second-order valence-corrected chi connectivity index (χ2v) is 8.47. The summed E-state index contributed by atoms with van der Waals surface area (Å²) >= 11 is 0. The molecule has 1 N–H and O–H groups in total. The highest BCUT2D eigenvalue weighted by Crippen LogP contribution is 2.33. The van der Waals surface area contributed by atoms with Crippen molar-refractivity contribution in [1.82, 2.24) is 5.32 Å². The number of aryl methyl sites for hydroxylation is 1. The molecule has 1 amide bonds. The second-order valence-electron chi connectivity index (χ2n) is 8.47. The van der Waals surface area contributed by atoms with Crippen LogP contribution in [-0.4, -0.2) is 13.0 Å². The highest BCUT2D eigenvalue weighted by Gasteiger charge is 2.21. The van der Waals surface area contributed by atoms with Gasteiger partial charge in [0.15, 0.2) is 0 Å². The van der Waals surface area contributed by atoms with E-state index < -0.39 is 0 Å². The van der Waals surface area contributed by atoms with Crippen LogP contribution in [0, 0.1) is 6.92 Å². The van der Waals surface area contributed by atoms with E-state index in [0.29, 0.717) is 12.3 Å². The van der Waals surface area contributed by atoms with Gasteiger partial charge in [-0.05, 0) is 59.7 Å². The lowest BCUT2D eigenvalue weighted by Gasteiger charge is -2.23. The molecule has 31 heavy (non-hydrogen) atoms. The Hall–Kier alpha value is -3.07. The zero-order valence-electron chi connectivity index (χ0n) is 19.2. The number of nitrogens with one attached hydrogen (secondary N) is 1. The fourth-order valence-corrected chi connectivity index (χ4v) is 4.17. The maximum Gasteiger partial charge on any atom is 0.221 e. The van der Waals surface area contributed by atoms with Gasteiger partial charge in [-0.15, -0.1) is 0 Å². The highest BCUT2D eigenvalue weighted by molar-refractivity contribution is 5.78. The molecule has 0 saturated heterocycles. The van der Waals surface area contributed by atoms with Gasteiger partial charge in [0.2, 0.25) is 5.91 Å². The number of benzene rings is 3. The van der Waals surface area contributed by atoms with E-state index in [-0.39, 0.29) is 17.9 Å². The molecule has 0 spiro atoms. The maximum atomic E-state index is 13.1. The number of carbonyl (C=O) groups excluding carboxylic acids is 1. The Morgan fingerprint density at radius 3 is 1.90 bits per heavy atom. The Balaban J connectivity index is 1.81. The zero-order valence-corrected chi connectivity index (χ0v) is 19.2. The molecular weight excluding hydrogens is 382 g/mol. The van der Waals surface area contributed by atoms with Gasteiger partial charge in [0.05, 0.1) is 13.2 Å². The molecule has 0 aromatic heterocycles. The van der Waals surface area contributed by atoms with E-state index in [9.17, 15) is 4.79 Å². The minimum absolute atomic E-state index is 0.0257. The fraction of sp³-hybridized carbons (Fsp3) is 0.321. The quantitative estimate of drug-likeness (QED) is 0.454. The molecule has 0 radical (unpaired) electrons. The Bertz CT molecular complexity index is 957. The fourth-order valence-electron chi connectivity index (χ4n) is 4.17. The molecule has 0 aliphatic rings. The number of amides is 1. The molecule has 0 aliphatic carbocycles. The summed E-state index contributed by atoms with van der Waals surface area (Å²) in [5.74, 6) is 1.32. The molecule has 3 aromatic rings. The van der Waals surface area contributed by atoms with Gasteiger partial charge >= 0.3 is 0 Å². The van der Waals surface area contributed by atoms with Gasteiger partial charge in [-0.3, -0.25) is 4.79 Å². The van der Waals surface area contributed by atoms with Crippen molar-refractivity contribution in [2.45, 2.75) is 52.0 Å². The second kappa shape index (κ2) is 10.3. The molecule has 0 fully saturated rings. The first-order chi connectivity index (χ1) is 14.9. The zero-order chi connectivity index (χ0) is 22.4. The van der Waals surface area contributed by atoms with Crippen molar-refractivity contribution >= 4 is 5.91 Å². The van der Waals surface area contributed by atoms with E-state index in [0.717, 1.165) is 33.6 Å². The predicted molar refractivity (Wildman–Crippen MR) is 128 cm³/mol. The van der Waals surface area contributed by atoms with Crippen LogP contribution in [0.3, 0.4) is 0 Å². The molecule has 3 nitrogen and oxygen atoms in total. The first-order valence-corrected chi connectivity index (χ1v) is 11.0. The monoisotopic (exact) mass is 415 g/mol. The van der Waals surface area contributed by atoms with Gasteiger partial charge in [0.25, 0.3) is 0 Å². The topological polar surface area (TPSA) is 38.3 Å². The van der Waals surface area contributed by atoms with Crippen LogP contribution in [0.4, 0.5) is 0 Å². The molecule has 0 bridgehead atoms. The number of rotatable bonds is 8. The van der Waals surface area contributed by atoms with Crippen LogP contribution in [0.5, 0.6) is 5.75 Å². The smallest absolute Gasteiger partial charge is 0.221 e. The normalized spacial score (nSPS) is 12.1. The minimum Gasteiger partial charge on any atom is -0.496 e. The van der Waals surface area contributed by atoms with Crippen molar-refractivity contribution in [2.24, 2.45) is 0 Å². The third-order valence-electron chi connectivity index (χ3n) is 5.88. The first-order valence-electron chi connectivity index (χ1n) is 11.0. The number of ether oxygens (including phenoxy) is 1. The van der Waals surface area contributed by atoms with Gasteiger partial charge in [0, 0.05) is 12.3 Å². The largest absolute Gasteiger partial charge is 0.496 e. The third-order valence-corrected chi connectivity index (χ3v) is 5.88. The van der Waals surface area contributed by atoms with Crippen molar-refractivity contribution in [3.05, 3.63) is 101 Å². The Labute approximate surface area is 186 Å². The lowest BCUT2D eigenvalue weighted by Crippen LogP contribution is -2.28. The lowest BCUT2D eigenvalue weighted by atomic mass is 9.88. The van der Waals surface area contributed by atoms with E-state index in [1.807, 2.05) is 36.4 Å². The summed E-state index contributed by atoms with van der Waals surface area (Å²) in [6, 6.07) is 24.7. The summed E-state index contributed by atoms with van der Waals surface area (Å²) in [7, 11) is 1.71. The molecule has 0 saturated carbocycles. The Kier molecular flexibility index (Phi) is 7.51. The Morgan fingerprint density at radius 2 is 1.42 bits per heavy atom. The standard InChI is InChI=1S/C28H33NO2/c1-19(2)24-17-25(20(3)16-27(24)31-5)21(4)29-28(30)18-26(22-12-8-6-9-13-22)23-14-10-7-11-15-23/h6-17,19,21,26H,18H2,1-5H3,(H,29,30). The van der Waals surface area contributed by atoms with Gasteiger partial charge in [-0.1, -0.05) is 74.5 Å². The summed E-state index contributed by atoms with van der Waals surface area (Å²) in [5.41, 5.74) is 5.72. The number of hydrogen-bond acceptors (Lipinski definition) is 2. The summed E-state index contributed by atoms with van der Waals surface area (Å²) in [4.78, 5) is 13.1. The van der Waals surface area contributed by atoms with Crippen molar-refractivity contribution in [1.29, 1.82) is 0 Å². The van der Waals surface area contributed by atoms with Gasteiger partial charge in [-0.25, -0.2) is 0 Å². The Morgan fingerprint density at radius 1 is 0.871 bits per heavy atom. The summed E-state index contributed by atoms with van der Waals surface area (Å²) in [6.07, 6.45) is 0.407. The van der Waals surface area contributed by atoms with Crippen LogP contribution in [0.15, 0.2) is 72.8 Å². The minimum atomic E-state index is -0.0805. The summed E-state index contributed by atoms with van der Waals surface area (Å²) in [6.45, 7) is 8.44. The molecule has 3 aromatic carbocycles. The SMILES string of the molecule is COc1cc(C)c(C(C)NC(=O)CC(c2ccccc2)c2ccccc2)cc1C(C)C. The number of methoxy groups -OCH3 is 1. The third kappa shape index (κ3) is 5.55. The molecule has 0 aliphatic heterocycles. The van der Waals surface area contributed by atoms with E-state index >= 15 is 0 Å². The summed E-state index contributed by atoms with van der Waals surface area (Å²) < 4.78 is 5.57. The molecule has 3 rings (SSSR count). The van der Waals surface area contributed by atoms with Crippen LogP contribution < -0.4 is 10.1 Å². The van der Waals surface area contributed by atoms with Crippen LogP contribution in [-0.2, 0) is 4.79 Å². The average Bonchev–Trinajstić information content (AvgIpc) is 2.78. The van der Waals surface area contributed by atoms with Crippen molar-refractivity contribution in [3.63, 3.8) is 0 Å². The molecule has 3 heteroatoms. The van der Waals surface area contributed by atoms with Gasteiger partial charge in [-0.2, -0.15) is 0 Å². The number of carbonyl (C=O) groups is 1. The van der Waals surface area contributed by atoms with Crippen LogP contribution in [0.25, 0.3) is 0 Å². The molecule has 0 heterocycles. The van der Waals surface area contributed by atoms with Crippen LogP contribution >= 0.6 is 0 Å². The van der Waals surface area contributed by atoms with Crippen LogP contribution in [0.1, 0.15) is 72.9 Å². The maximum absolute atomic E-state index is 13.1. The average molecular weight is 416 g/mol. The van der Waals surface area contributed by atoms with Crippen LogP contribution in [0.2, 0.25) is 0 Å². The molecule has 162 valence electrons. The predicted octanol–water partition coefficient (Wildman–Crippen LogP) is 6.53. The molecular formula is C28H33NO2. The van der Waals surface area contributed by atoms with Gasteiger partial charge < -0.3 is 10.1 Å². The number of hydrogen-bond donors (Lipinski definition) is 1. The van der Waals surface area contributed by atoms with Crippen molar-refractivity contribution < 1.29 is 9.53 Å². The van der Waals surface area contributed by atoms with E-state index in [1.54, 1.807) is 7.11 Å². The van der Waals surface area contributed by atoms with Gasteiger partial charge in [0.1, 0.15) is 5.75 Å². The summed E-state index contributed by atoms with van der Waals surface area (Å²) in [5, 5.41) is 3.23. The van der Waals surface area contributed by atoms with E-state index in [2.05, 4.69) is 69.4 Å². The van der Waals surface area contributed by atoms with Crippen molar-refractivity contribution in [2.75, 3.05) is 7.11 Å². The van der Waals surface area contributed by atoms with E-state index in [4.69, 9.17) is 4.74 Å². The van der Waals surface area contributed by atoms with Crippen molar-refractivity contribution in [3.8, 4) is 5.75 Å². The highest BCUT2D eigenvalue weighted by atomic mass is 16.5. The first kappa shape index (κ1) is 22.6.